The van der Waals surface area contributed by atoms with Crippen LogP contribution in [0.5, 0.6) is 5.75 Å². The van der Waals surface area contributed by atoms with Crippen LogP contribution in [-0.4, -0.2) is 27.8 Å². The van der Waals surface area contributed by atoms with Gasteiger partial charge in [0.15, 0.2) is 0 Å². The summed E-state index contributed by atoms with van der Waals surface area (Å²) in [4.78, 5) is 4.23. The summed E-state index contributed by atoms with van der Waals surface area (Å²) in [6.07, 6.45) is 4.33. The van der Waals surface area contributed by atoms with Gasteiger partial charge in [-0.2, -0.15) is 5.10 Å². The van der Waals surface area contributed by atoms with Gasteiger partial charge in [-0.3, -0.25) is 5.10 Å². The third-order valence-corrected chi connectivity index (χ3v) is 3.16. The topological polar surface area (TPSA) is 62.8 Å². The van der Waals surface area contributed by atoms with Crippen molar-refractivity contribution in [2.45, 2.75) is 31.9 Å². The Morgan fingerprint density at radius 1 is 1.37 bits per heavy atom. The molecule has 1 saturated carbocycles. The minimum Gasteiger partial charge on any atom is -0.490 e. The fraction of sp³-hybridized carbons (Fsp3) is 0.429. The molecule has 1 unspecified atom stereocenters. The van der Waals surface area contributed by atoms with E-state index in [1.807, 2.05) is 12.1 Å². The highest BCUT2D eigenvalue weighted by Crippen LogP contribution is 2.28. The Kier molecular flexibility index (Phi) is 3.46. The average Bonchev–Trinajstić information content (AvgIpc) is 3.08. The van der Waals surface area contributed by atoms with E-state index in [0.29, 0.717) is 6.10 Å². The molecular weight excluding hydrogens is 240 g/mol. The van der Waals surface area contributed by atoms with Crippen LogP contribution in [0.4, 0.5) is 0 Å². The molecule has 5 heteroatoms. The van der Waals surface area contributed by atoms with Crippen LogP contribution >= 0.6 is 0 Å². The van der Waals surface area contributed by atoms with Gasteiger partial charge in [-0.15, -0.1) is 0 Å². The van der Waals surface area contributed by atoms with E-state index < -0.39 is 0 Å². The van der Waals surface area contributed by atoms with Crippen LogP contribution in [0.2, 0.25) is 0 Å². The monoisotopic (exact) mass is 258 g/mol. The van der Waals surface area contributed by atoms with Crippen LogP contribution in [-0.2, 0) is 0 Å². The first kappa shape index (κ1) is 12.2. The minimum atomic E-state index is 0.0440. The fourth-order valence-electron chi connectivity index (χ4n) is 2.05. The first-order valence-electron chi connectivity index (χ1n) is 6.72. The summed E-state index contributed by atoms with van der Waals surface area (Å²) in [6.45, 7) is 2.94. The van der Waals surface area contributed by atoms with Crippen LogP contribution in [0.1, 0.15) is 37.2 Å². The van der Waals surface area contributed by atoms with E-state index in [4.69, 9.17) is 4.74 Å². The lowest BCUT2D eigenvalue weighted by Gasteiger charge is -2.16. The summed E-state index contributed by atoms with van der Waals surface area (Å²) in [5, 5.41) is 10.2. The molecule has 1 aromatic heterocycles. The highest BCUT2D eigenvalue weighted by atomic mass is 16.5. The molecule has 1 atom stereocenters. The number of ether oxygens (including phenoxy) is 1. The Morgan fingerprint density at radius 3 is 2.74 bits per heavy atom. The van der Waals surface area contributed by atoms with Crippen molar-refractivity contribution in [2.24, 2.45) is 0 Å². The number of hydrogen-bond acceptors (Lipinski definition) is 4. The Hall–Kier alpha value is -1.88. The summed E-state index contributed by atoms with van der Waals surface area (Å²) in [5.74, 6) is 1.77. The van der Waals surface area contributed by atoms with E-state index in [9.17, 15) is 0 Å². The lowest BCUT2D eigenvalue weighted by atomic mass is 10.1. The van der Waals surface area contributed by atoms with Gasteiger partial charge in [-0.1, -0.05) is 19.1 Å². The number of rotatable bonds is 6. The third-order valence-electron chi connectivity index (χ3n) is 3.16. The molecule has 1 aliphatic carbocycles. The average molecular weight is 258 g/mol. The van der Waals surface area contributed by atoms with E-state index in [-0.39, 0.29) is 6.04 Å². The van der Waals surface area contributed by atoms with Gasteiger partial charge in [0.05, 0.1) is 12.1 Å². The van der Waals surface area contributed by atoms with Crippen molar-refractivity contribution >= 4 is 0 Å². The van der Waals surface area contributed by atoms with Crippen molar-refractivity contribution in [3.8, 4) is 5.75 Å². The van der Waals surface area contributed by atoms with Gasteiger partial charge in [0.1, 0.15) is 17.9 Å². The van der Waals surface area contributed by atoms with E-state index >= 15 is 0 Å². The number of H-pyrrole nitrogens is 1. The van der Waals surface area contributed by atoms with Crippen LogP contribution in [0.3, 0.4) is 0 Å². The second-order valence-electron chi connectivity index (χ2n) is 4.75. The standard InChI is InChI=1S/C14H18N4O/c1-2-15-13(14-16-9-17-18-14)10-3-5-11(6-4-10)19-12-7-8-12/h3-6,9,12-13,15H,2,7-8H2,1H3,(H,16,17,18). The van der Waals surface area contributed by atoms with Crippen molar-refractivity contribution < 1.29 is 4.74 Å². The van der Waals surface area contributed by atoms with Gasteiger partial charge in [0, 0.05) is 0 Å². The molecule has 1 aromatic carbocycles. The Balaban J connectivity index is 1.77. The number of hydrogen-bond donors (Lipinski definition) is 2. The zero-order valence-corrected chi connectivity index (χ0v) is 11.0. The van der Waals surface area contributed by atoms with Crippen molar-refractivity contribution in [3.05, 3.63) is 42.0 Å². The van der Waals surface area contributed by atoms with Crippen LogP contribution in [0, 0.1) is 0 Å². The quantitative estimate of drug-likeness (QED) is 0.832. The molecule has 2 aromatic rings. The largest absolute Gasteiger partial charge is 0.490 e. The summed E-state index contributed by atoms with van der Waals surface area (Å²) >= 11 is 0. The van der Waals surface area contributed by atoms with Gasteiger partial charge < -0.3 is 10.1 Å². The van der Waals surface area contributed by atoms with Gasteiger partial charge in [-0.05, 0) is 37.1 Å². The molecular formula is C14H18N4O. The van der Waals surface area contributed by atoms with E-state index in [1.54, 1.807) is 0 Å². The van der Waals surface area contributed by atoms with Crippen LogP contribution in [0.25, 0.3) is 0 Å². The van der Waals surface area contributed by atoms with Crippen LogP contribution < -0.4 is 10.1 Å². The molecule has 1 aliphatic rings. The molecule has 5 nitrogen and oxygen atoms in total. The van der Waals surface area contributed by atoms with Gasteiger partial charge in [0.2, 0.25) is 0 Å². The second-order valence-corrected chi connectivity index (χ2v) is 4.75. The number of benzene rings is 1. The Bertz CT molecular complexity index is 505. The lowest BCUT2D eigenvalue weighted by Crippen LogP contribution is -2.23. The molecule has 0 bridgehead atoms. The maximum Gasteiger partial charge on any atom is 0.145 e. The van der Waals surface area contributed by atoms with Gasteiger partial charge >= 0.3 is 0 Å². The molecule has 19 heavy (non-hydrogen) atoms. The Morgan fingerprint density at radius 2 is 2.16 bits per heavy atom. The number of aromatic nitrogens is 3. The first-order chi connectivity index (χ1) is 9.36. The zero-order valence-electron chi connectivity index (χ0n) is 11.0. The van der Waals surface area contributed by atoms with Crippen LogP contribution in [0.15, 0.2) is 30.6 Å². The molecule has 0 radical (unpaired) electrons. The maximum absolute atomic E-state index is 5.75. The maximum atomic E-state index is 5.75. The van der Waals surface area contributed by atoms with Gasteiger partial charge in [-0.25, -0.2) is 4.98 Å². The molecule has 1 fully saturated rings. The summed E-state index contributed by atoms with van der Waals surface area (Å²) in [7, 11) is 0. The number of nitrogens with one attached hydrogen (secondary N) is 2. The first-order valence-corrected chi connectivity index (χ1v) is 6.72. The zero-order chi connectivity index (χ0) is 13.1. The van der Waals surface area contributed by atoms with E-state index in [2.05, 4.69) is 39.6 Å². The molecule has 0 aliphatic heterocycles. The third kappa shape index (κ3) is 2.93. The lowest BCUT2D eigenvalue weighted by molar-refractivity contribution is 0.303. The smallest absolute Gasteiger partial charge is 0.145 e. The number of nitrogens with zero attached hydrogens (tertiary/aromatic N) is 2. The van der Waals surface area contributed by atoms with Crippen molar-refractivity contribution in [2.75, 3.05) is 6.54 Å². The summed E-state index contributed by atoms with van der Waals surface area (Å²) in [5.41, 5.74) is 1.15. The molecule has 2 N–H and O–H groups in total. The highest BCUT2D eigenvalue weighted by Gasteiger charge is 2.23. The van der Waals surface area contributed by atoms with Crippen molar-refractivity contribution in [3.63, 3.8) is 0 Å². The normalized spacial score (nSPS) is 16.3. The van der Waals surface area contributed by atoms with E-state index in [1.165, 1.54) is 19.2 Å². The van der Waals surface area contributed by atoms with Crippen molar-refractivity contribution in [1.82, 2.24) is 20.5 Å². The predicted octanol–water partition coefficient (Wildman–Crippen LogP) is 2.04. The molecule has 100 valence electrons. The fourth-order valence-corrected chi connectivity index (χ4v) is 2.05. The van der Waals surface area contributed by atoms with Gasteiger partial charge in [0.25, 0.3) is 0 Å². The molecule has 1 heterocycles. The predicted molar refractivity (Wildman–Crippen MR) is 72.0 cm³/mol. The number of aromatic amines is 1. The summed E-state index contributed by atoms with van der Waals surface area (Å²) < 4.78 is 5.75. The minimum absolute atomic E-state index is 0.0440. The molecule has 0 spiro atoms. The molecule has 3 rings (SSSR count). The second kappa shape index (κ2) is 5.40. The SMILES string of the molecule is CCNC(c1ccc(OC2CC2)cc1)c1ncn[nH]1. The van der Waals surface area contributed by atoms with Crippen molar-refractivity contribution in [1.29, 1.82) is 0 Å². The Labute approximate surface area is 112 Å². The highest BCUT2D eigenvalue weighted by molar-refractivity contribution is 5.32. The molecule has 0 saturated heterocycles. The summed E-state index contributed by atoms with van der Waals surface area (Å²) in [6, 6.07) is 8.24. The molecule has 0 amide bonds. The van der Waals surface area contributed by atoms with E-state index in [0.717, 1.165) is 23.7 Å².